The predicted molar refractivity (Wildman–Crippen MR) is 88.1 cm³/mol. The molecular formula is C16H18N4S. The van der Waals surface area contributed by atoms with Gasteiger partial charge in [0.1, 0.15) is 6.17 Å². The highest BCUT2D eigenvalue weighted by Crippen LogP contribution is 2.32. The minimum Gasteiger partial charge on any atom is -0.375 e. The molecule has 1 aliphatic heterocycles. The van der Waals surface area contributed by atoms with Crippen LogP contribution in [0, 0.1) is 0 Å². The van der Waals surface area contributed by atoms with Crippen molar-refractivity contribution in [3.63, 3.8) is 0 Å². The van der Waals surface area contributed by atoms with E-state index < -0.39 is 0 Å². The number of thiocarbonyl (C=S) groups is 1. The van der Waals surface area contributed by atoms with Gasteiger partial charge in [0.05, 0.1) is 6.04 Å². The average molecular weight is 298 g/mol. The lowest BCUT2D eigenvalue weighted by Gasteiger charge is -2.30. The van der Waals surface area contributed by atoms with E-state index in [2.05, 4.69) is 40.0 Å². The number of hydrogen-bond acceptors (Lipinski definition) is 3. The van der Waals surface area contributed by atoms with Crippen LogP contribution in [0.1, 0.15) is 23.3 Å². The number of nitrogens with two attached hydrogens (primary N) is 1. The number of hydrogen-bond donors (Lipinski definition) is 3. The summed E-state index contributed by atoms with van der Waals surface area (Å²) in [6, 6.07) is 20.8. The van der Waals surface area contributed by atoms with E-state index >= 15 is 0 Å². The van der Waals surface area contributed by atoms with Crippen LogP contribution < -0.4 is 16.5 Å². The zero-order valence-corrected chi connectivity index (χ0v) is 12.4. The second-order valence-electron chi connectivity index (χ2n) is 5.03. The van der Waals surface area contributed by atoms with Crippen molar-refractivity contribution in [2.24, 2.45) is 5.73 Å². The Morgan fingerprint density at radius 1 is 1.05 bits per heavy atom. The highest BCUT2D eigenvalue weighted by atomic mass is 32.1. The highest BCUT2D eigenvalue weighted by molar-refractivity contribution is 7.80. The largest absolute Gasteiger partial charge is 0.375 e. The summed E-state index contributed by atoms with van der Waals surface area (Å²) < 4.78 is 0. The molecule has 2 atom stereocenters. The maximum Gasteiger partial charge on any atom is 0.178 e. The topological polar surface area (TPSA) is 53.3 Å². The first-order valence-corrected chi connectivity index (χ1v) is 7.34. The fourth-order valence-electron chi connectivity index (χ4n) is 2.74. The van der Waals surface area contributed by atoms with Crippen molar-refractivity contribution >= 4 is 17.3 Å². The zero-order valence-electron chi connectivity index (χ0n) is 11.6. The Kier molecular flexibility index (Phi) is 4.15. The molecule has 4 N–H and O–H groups in total. The van der Waals surface area contributed by atoms with Crippen LogP contribution in [0.5, 0.6) is 0 Å². The monoisotopic (exact) mass is 298 g/mol. The van der Waals surface area contributed by atoms with E-state index in [-0.39, 0.29) is 17.3 Å². The van der Waals surface area contributed by atoms with Gasteiger partial charge in [-0.1, -0.05) is 60.7 Å². The molecule has 1 saturated heterocycles. The maximum absolute atomic E-state index is 5.70. The van der Waals surface area contributed by atoms with E-state index in [1.54, 1.807) is 0 Å². The minimum absolute atomic E-state index is 0.0397. The fourth-order valence-corrected chi connectivity index (χ4v) is 2.84. The number of hydrazine groups is 1. The molecule has 0 saturated carbocycles. The fraction of sp³-hybridized carbons (Fsp3) is 0.188. The average Bonchev–Trinajstić information content (AvgIpc) is 2.92. The summed E-state index contributed by atoms with van der Waals surface area (Å²) >= 11 is 5.04. The zero-order chi connectivity index (χ0) is 14.7. The lowest BCUT2D eigenvalue weighted by atomic mass is 10.1. The van der Waals surface area contributed by atoms with Crippen LogP contribution in [0.25, 0.3) is 0 Å². The summed E-state index contributed by atoms with van der Waals surface area (Å²) in [5.74, 6) is 0. The predicted octanol–water partition coefficient (Wildman–Crippen LogP) is 2.08. The second-order valence-corrected chi connectivity index (χ2v) is 5.47. The Morgan fingerprint density at radius 2 is 1.62 bits per heavy atom. The van der Waals surface area contributed by atoms with Gasteiger partial charge >= 0.3 is 0 Å². The van der Waals surface area contributed by atoms with Crippen molar-refractivity contribution < 1.29 is 0 Å². The van der Waals surface area contributed by atoms with Crippen LogP contribution >= 0.6 is 12.2 Å². The molecule has 0 spiro atoms. The molecule has 1 heterocycles. The Balaban J connectivity index is 1.91. The molecule has 0 aromatic heterocycles. The first-order chi connectivity index (χ1) is 10.3. The van der Waals surface area contributed by atoms with Crippen molar-refractivity contribution in [2.45, 2.75) is 12.2 Å². The smallest absolute Gasteiger partial charge is 0.178 e. The molecule has 1 fully saturated rings. The van der Waals surface area contributed by atoms with Crippen LogP contribution in [0.3, 0.4) is 0 Å². The van der Waals surface area contributed by atoms with Crippen molar-refractivity contribution in [3.8, 4) is 0 Å². The van der Waals surface area contributed by atoms with Crippen molar-refractivity contribution in [2.75, 3.05) is 6.54 Å². The third-order valence-corrected chi connectivity index (χ3v) is 3.75. The summed E-state index contributed by atoms with van der Waals surface area (Å²) in [6.07, 6.45) is 0.0397. The van der Waals surface area contributed by atoms with E-state index in [1.807, 2.05) is 36.4 Å². The number of nitrogens with zero attached hydrogens (tertiary/aromatic N) is 1. The lowest BCUT2D eigenvalue weighted by Crippen LogP contribution is -2.46. The van der Waals surface area contributed by atoms with Crippen molar-refractivity contribution in [1.29, 1.82) is 0 Å². The molecule has 3 rings (SSSR count). The van der Waals surface area contributed by atoms with E-state index in [9.17, 15) is 0 Å². The summed E-state index contributed by atoms with van der Waals surface area (Å²) in [6.45, 7) is 0.833. The van der Waals surface area contributed by atoms with Crippen LogP contribution in [-0.2, 0) is 0 Å². The third kappa shape index (κ3) is 3.05. The lowest BCUT2D eigenvalue weighted by molar-refractivity contribution is 0.154. The molecule has 21 heavy (non-hydrogen) atoms. The molecule has 5 heteroatoms. The molecular weight excluding hydrogens is 280 g/mol. The van der Waals surface area contributed by atoms with Gasteiger partial charge in [-0.3, -0.25) is 10.7 Å². The SMILES string of the molecule is NC(=S)NN1C(c2ccccc2)CNC1c1ccccc1. The molecule has 0 radical (unpaired) electrons. The minimum atomic E-state index is 0.0397. The van der Waals surface area contributed by atoms with Gasteiger partial charge in [-0.2, -0.15) is 5.01 Å². The number of rotatable bonds is 3. The molecule has 2 unspecified atom stereocenters. The Hall–Kier alpha value is -1.95. The summed E-state index contributed by atoms with van der Waals surface area (Å²) in [5, 5.41) is 5.89. The molecule has 0 bridgehead atoms. The van der Waals surface area contributed by atoms with Crippen LogP contribution in [0.4, 0.5) is 0 Å². The Bertz CT molecular complexity index is 555. The van der Waals surface area contributed by atoms with Gasteiger partial charge in [0.15, 0.2) is 5.11 Å². The van der Waals surface area contributed by atoms with Gasteiger partial charge in [-0.05, 0) is 23.3 Å². The van der Waals surface area contributed by atoms with E-state index in [0.717, 1.165) is 6.54 Å². The second kappa shape index (κ2) is 6.22. The van der Waals surface area contributed by atoms with Crippen molar-refractivity contribution in [1.82, 2.24) is 15.8 Å². The van der Waals surface area contributed by atoms with Gasteiger partial charge in [0.2, 0.25) is 0 Å². The quantitative estimate of drug-likeness (QED) is 0.758. The number of benzene rings is 2. The standard InChI is InChI=1S/C16H18N4S/c17-16(21)19-20-14(12-7-3-1-4-8-12)11-18-15(20)13-9-5-2-6-10-13/h1-10,14-15,18H,11H2,(H3,17,19,21). The van der Waals surface area contributed by atoms with Crippen LogP contribution in [-0.4, -0.2) is 16.7 Å². The van der Waals surface area contributed by atoms with Crippen LogP contribution in [0.2, 0.25) is 0 Å². The first-order valence-electron chi connectivity index (χ1n) is 6.93. The molecule has 2 aromatic rings. The third-order valence-electron chi connectivity index (χ3n) is 3.66. The highest BCUT2D eigenvalue weighted by Gasteiger charge is 2.35. The summed E-state index contributed by atoms with van der Waals surface area (Å²) in [4.78, 5) is 0. The molecule has 0 amide bonds. The normalized spacial score (nSPS) is 22.1. The van der Waals surface area contributed by atoms with Gasteiger partial charge in [0, 0.05) is 6.54 Å². The van der Waals surface area contributed by atoms with E-state index in [4.69, 9.17) is 18.0 Å². The first kappa shape index (κ1) is 14.0. The Morgan fingerprint density at radius 3 is 2.19 bits per heavy atom. The van der Waals surface area contributed by atoms with Gasteiger partial charge in [-0.25, -0.2) is 0 Å². The van der Waals surface area contributed by atoms with Crippen LogP contribution in [0.15, 0.2) is 60.7 Å². The van der Waals surface area contributed by atoms with Gasteiger partial charge < -0.3 is 5.73 Å². The van der Waals surface area contributed by atoms with E-state index in [1.165, 1.54) is 11.1 Å². The summed E-state index contributed by atoms with van der Waals surface area (Å²) in [5.41, 5.74) is 11.2. The summed E-state index contributed by atoms with van der Waals surface area (Å²) in [7, 11) is 0. The van der Waals surface area contributed by atoms with E-state index in [0.29, 0.717) is 0 Å². The Labute approximate surface area is 129 Å². The number of nitrogens with one attached hydrogen (secondary N) is 2. The molecule has 4 nitrogen and oxygen atoms in total. The van der Waals surface area contributed by atoms with Gasteiger partial charge in [-0.15, -0.1) is 0 Å². The molecule has 0 aliphatic carbocycles. The van der Waals surface area contributed by atoms with Crippen molar-refractivity contribution in [3.05, 3.63) is 71.8 Å². The van der Waals surface area contributed by atoms with Gasteiger partial charge in [0.25, 0.3) is 0 Å². The molecule has 108 valence electrons. The molecule has 1 aliphatic rings. The molecule has 2 aromatic carbocycles. The maximum atomic E-state index is 5.70.